The number of unbranched alkanes of at least 4 members (excludes halogenated alkanes) is 2. The molecule has 134 valence electrons. The fourth-order valence-electron chi connectivity index (χ4n) is 2.55. The van der Waals surface area contributed by atoms with Gasteiger partial charge < -0.3 is 14.3 Å². The Labute approximate surface area is 152 Å². The number of carboxylic acids is 1. The van der Waals surface area contributed by atoms with Crippen molar-refractivity contribution in [3.63, 3.8) is 0 Å². The first-order chi connectivity index (χ1) is 12.7. The molecule has 0 aliphatic heterocycles. The molecule has 1 aromatic heterocycles. The van der Waals surface area contributed by atoms with Crippen LogP contribution in [0, 0.1) is 0 Å². The van der Waals surface area contributed by atoms with E-state index in [0.717, 1.165) is 29.9 Å². The molecule has 3 rings (SSSR count). The van der Waals surface area contributed by atoms with Crippen LogP contribution < -0.4 is 4.74 Å². The first-order valence-corrected chi connectivity index (χ1v) is 8.70. The Bertz CT molecular complexity index is 850. The van der Waals surface area contributed by atoms with Gasteiger partial charge >= 0.3 is 5.97 Å². The molecule has 1 heterocycles. The Kier molecular flexibility index (Phi) is 5.69. The van der Waals surface area contributed by atoms with Crippen molar-refractivity contribution in [2.45, 2.75) is 26.2 Å². The Morgan fingerprint density at radius 1 is 1.04 bits per heavy atom. The van der Waals surface area contributed by atoms with Crippen LogP contribution in [0.2, 0.25) is 0 Å². The molecule has 2 aromatic carbocycles. The first kappa shape index (κ1) is 17.7. The van der Waals surface area contributed by atoms with Crippen LogP contribution in [0.5, 0.6) is 5.75 Å². The lowest BCUT2D eigenvalue weighted by atomic mass is 10.1. The predicted octanol–water partition coefficient (Wildman–Crippen LogP) is 5.28. The third-order valence-corrected chi connectivity index (χ3v) is 4.04. The maximum atomic E-state index is 10.9. The van der Waals surface area contributed by atoms with E-state index in [9.17, 15) is 4.79 Å². The van der Waals surface area contributed by atoms with Crippen LogP contribution in [0.25, 0.3) is 22.8 Å². The molecule has 5 nitrogen and oxygen atoms in total. The number of aromatic nitrogens is 1. The van der Waals surface area contributed by atoms with Crippen molar-refractivity contribution in [3.8, 4) is 28.5 Å². The number of ether oxygens (including phenoxy) is 1. The molecular weight excluding hydrogens is 330 g/mol. The Morgan fingerprint density at radius 3 is 2.38 bits per heavy atom. The van der Waals surface area contributed by atoms with Crippen LogP contribution in [0.1, 0.15) is 36.5 Å². The topological polar surface area (TPSA) is 72.6 Å². The van der Waals surface area contributed by atoms with Gasteiger partial charge in [0.15, 0.2) is 5.76 Å². The Balaban J connectivity index is 1.68. The summed E-state index contributed by atoms with van der Waals surface area (Å²) in [7, 11) is 0. The van der Waals surface area contributed by atoms with Crippen molar-refractivity contribution in [2.75, 3.05) is 6.61 Å². The fraction of sp³-hybridized carbons (Fsp3) is 0.238. The number of hydrogen-bond acceptors (Lipinski definition) is 4. The average Bonchev–Trinajstić information content (AvgIpc) is 3.16. The summed E-state index contributed by atoms with van der Waals surface area (Å²) in [5, 5.41) is 8.95. The lowest BCUT2D eigenvalue weighted by Crippen LogP contribution is -1.96. The minimum absolute atomic E-state index is 0.232. The fourth-order valence-corrected chi connectivity index (χ4v) is 2.55. The normalized spacial score (nSPS) is 10.7. The summed E-state index contributed by atoms with van der Waals surface area (Å²) in [6, 6.07) is 14.2. The summed E-state index contributed by atoms with van der Waals surface area (Å²) in [5.74, 6) is 0.993. The van der Waals surface area contributed by atoms with Gasteiger partial charge in [-0.2, -0.15) is 0 Å². The summed E-state index contributed by atoms with van der Waals surface area (Å²) in [5.41, 5.74) is 1.87. The smallest absolute Gasteiger partial charge is 0.335 e. The van der Waals surface area contributed by atoms with Gasteiger partial charge in [-0.3, -0.25) is 0 Å². The second kappa shape index (κ2) is 8.34. The van der Waals surface area contributed by atoms with Crippen molar-refractivity contribution >= 4 is 5.97 Å². The number of aromatic carboxylic acids is 1. The average molecular weight is 351 g/mol. The largest absolute Gasteiger partial charge is 0.494 e. The van der Waals surface area contributed by atoms with Crippen LogP contribution in [0.3, 0.4) is 0 Å². The van der Waals surface area contributed by atoms with Crippen molar-refractivity contribution < 1.29 is 19.1 Å². The minimum Gasteiger partial charge on any atom is -0.494 e. The van der Waals surface area contributed by atoms with Crippen LogP contribution in [0.15, 0.2) is 59.1 Å². The van der Waals surface area contributed by atoms with Crippen molar-refractivity contribution in [1.82, 2.24) is 4.98 Å². The van der Waals surface area contributed by atoms with Gasteiger partial charge in [0.1, 0.15) is 5.75 Å². The lowest BCUT2D eigenvalue weighted by molar-refractivity contribution is 0.0697. The number of oxazole rings is 1. The quantitative estimate of drug-likeness (QED) is 0.559. The lowest BCUT2D eigenvalue weighted by Gasteiger charge is -2.06. The van der Waals surface area contributed by atoms with E-state index in [1.165, 1.54) is 25.0 Å². The standard InChI is InChI=1S/C21H21NO4/c1-2-3-4-13-25-18-11-9-15(10-12-18)19-14-22-20(26-19)16-5-7-17(8-6-16)21(23)24/h5-12,14H,2-4,13H2,1H3,(H,23,24). The van der Waals surface area contributed by atoms with E-state index in [2.05, 4.69) is 11.9 Å². The second-order valence-electron chi connectivity index (χ2n) is 5.99. The van der Waals surface area contributed by atoms with Crippen LogP contribution in [-0.4, -0.2) is 22.7 Å². The number of hydrogen-bond donors (Lipinski definition) is 1. The zero-order valence-corrected chi connectivity index (χ0v) is 14.6. The molecule has 0 aliphatic carbocycles. The molecule has 3 aromatic rings. The first-order valence-electron chi connectivity index (χ1n) is 8.70. The van der Waals surface area contributed by atoms with E-state index in [4.69, 9.17) is 14.3 Å². The molecule has 0 aliphatic rings. The Morgan fingerprint density at radius 2 is 1.73 bits per heavy atom. The van der Waals surface area contributed by atoms with Gasteiger partial charge in [0.05, 0.1) is 18.4 Å². The van der Waals surface area contributed by atoms with Crippen LogP contribution >= 0.6 is 0 Å². The van der Waals surface area contributed by atoms with Gasteiger partial charge in [-0.1, -0.05) is 19.8 Å². The van der Waals surface area contributed by atoms with E-state index in [1.54, 1.807) is 18.3 Å². The van der Waals surface area contributed by atoms with Crippen LogP contribution in [-0.2, 0) is 0 Å². The van der Waals surface area contributed by atoms with E-state index in [-0.39, 0.29) is 5.56 Å². The Hall–Kier alpha value is -3.08. The molecule has 0 unspecified atom stereocenters. The van der Waals surface area contributed by atoms with Gasteiger partial charge in [0, 0.05) is 11.1 Å². The molecule has 0 fully saturated rings. The zero-order valence-electron chi connectivity index (χ0n) is 14.6. The van der Waals surface area contributed by atoms with Gasteiger partial charge in [-0.05, 0) is 55.0 Å². The molecule has 0 spiro atoms. The molecule has 0 saturated carbocycles. The van der Waals surface area contributed by atoms with Gasteiger partial charge in [-0.25, -0.2) is 9.78 Å². The molecule has 0 amide bonds. The molecular formula is C21H21NO4. The summed E-state index contributed by atoms with van der Waals surface area (Å²) < 4.78 is 11.5. The highest BCUT2D eigenvalue weighted by Gasteiger charge is 2.10. The van der Waals surface area contributed by atoms with Gasteiger partial charge in [0.2, 0.25) is 5.89 Å². The molecule has 0 saturated heterocycles. The number of carbonyl (C=O) groups is 1. The summed E-state index contributed by atoms with van der Waals surface area (Å²) in [6.07, 6.45) is 5.07. The predicted molar refractivity (Wildman–Crippen MR) is 99.4 cm³/mol. The summed E-state index contributed by atoms with van der Waals surface area (Å²) in [4.78, 5) is 15.2. The summed E-state index contributed by atoms with van der Waals surface area (Å²) >= 11 is 0. The van der Waals surface area contributed by atoms with Crippen molar-refractivity contribution in [2.24, 2.45) is 0 Å². The monoisotopic (exact) mass is 351 g/mol. The van der Waals surface area contributed by atoms with Crippen molar-refractivity contribution in [3.05, 3.63) is 60.3 Å². The highest BCUT2D eigenvalue weighted by Crippen LogP contribution is 2.27. The third kappa shape index (κ3) is 4.30. The summed E-state index contributed by atoms with van der Waals surface area (Å²) in [6.45, 7) is 2.90. The van der Waals surface area contributed by atoms with Gasteiger partial charge in [-0.15, -0.1) is 0 Å². The SMILES string of the molecule is CCCCCOc1ccc(-c2cnc(-c3ccc(C(=O)O)cc3)o2)cc1. The van der Waals surface area contributed by atoms with E-state index < -0.39 is 5.97 Å². The van der Waals surface area contributed by atoms with Crippen molar-refractivity contribution in [1.29, 1.82) is 0 Å². The van der Waals surface area contributed by atoms with E-state index in [1.807, 2.05) is 24.3 Å². The van der Waals surface area contributed by atoms with Gasteiger partial charge in [0.25, 0.3) is 0 Å². The van der Waals surface area contributed by atoms with E-state index >= 15 is 0 Å². The maximum absolute atomic E-state index is 10.9. The number of carboxylic acid groups (broad SMARTS) is 1. The molecule has 1 N–H and O–H groups in total. The second-order valence-corrected chi connectivity index (χ2v) is 5.99. The molecule has 5 heteroatoms. The maximum Gasteiger partial charge on any atom is 0.335 e. The number of benzene rings is 2. The van der Waals surface area contributed by atoms with E-state index in [0.29, 0.717) is 11.7 Å². The number of rotatable bonds is 8. The molecule has 0 bridgehead atoms. The third-order valence-electron chi connectivity index (χ3n) is 4.04. The molecule has 26 heavy (non-hydrogen) atoms. The molecule has 0 radical (unpaired) electrons. The highest BCUT2D eigenvalue weighted by atomic mass is 16.5. The number of nitrogens with zero attached hydrogens (tertiary/aromatic N) is 1. The van der Waals surface area contributed by atoms with Crippen LogP contribution in [0.4, 0.5) is 0 Å². The minimum atomic E-state index is -0.957. The molecule has 0 atom stereocenters. The zero-order chi connectivity index (χ0) is 18.4. The highest BCUT2D eigenvalue weighted by molar-refractivity contribution is 5.88.